The van der Waals surface area contributed by atoms with Gasteiger partial charge in [-0.2, -0.15) is 0 Å². The van der Waals surface area contributed by atoms with E-state index in [2.05, 4.69) is 0 Å². The van der Waals surface area contributed by atoms with E-state index in [-0.39, 0.29) is 17.1 Å². The predicted octanol–water partition coefficient (Wildman–Crippen LogP) is -5.23. The Balaban J connectivity index is 0. The molecule has 0 heterocycles. The summed E-state index contributed by atoms with van der Waals surface area (Å²) in [5, 5.41) is 39.9. The van der Waals surface area contributed by atoms with Gasteiger partial charge in [-0.05, 0) is 6.42 Å². The second kappa shape index (κ2) is 9.31. The SMILES string of the molecule is O=C([O-])CN(CC(=O)[O-])[C@@H](CCC(=O)O)C(=O)[O-].[Fe+3]. The van der Waals surface area contributed by atoms with E-state index in [0.717, 1.165) is 0 Å². The Labute approximate surface area is 118 Å². The van der Waals surface area contributed by atoms with E-state index in [0.29, 0.717) is 4.90 Å². The Morgan fingerprint density at radius 1 is 1.00 bits per heavy atom. The molecular formula is C9H10FeNO8. The fourth-order valence-corrected chi connectivity index (χ4v) is 1.32. The third-order valence-corrected chi connectivity index (χ3v) is 2.01. The third-order valence-electron chi connectivity index (χ3n) is 2.01. The molecule has 0 unspecified atom stereocenters. The van der Waals surface area contributed by atoms with Crippen LogP contribution in [0.15, 0.2) is 0 Å². The first-order valence-electron chi connectivity index (χ1n) is 4.80. The largest absolute Gasteiger partial charge is 3.00 e. The molecule has 107 valence electrons. The third kappa shape index (κ3) is 9.00. The number of carbonyl (C=O) groups excluding carboxylic acids is 3. The molecule has 0 aromatic rings. The number of carbonyl (C=O) groups is 4. The number of hydrogen-bond donors (Lipinski definition) is 1. The van der Waals surface area contributed by atoms with Gasteiger partial charge in [0.1, 0.15) is 0 Å². The fraction of sp³-hybridized carbons (Fsp3) is 0.556. The van der Waals surface area contributed by atoms with E-state index in [9.17, 15) is 34.5 Å². The molecule has 0 aromatic heterocycles. The summed E-state index contributed by atoms with van der Waals surface area (Å²) in [7, 11) is 0. The van der Waals surface area contributed by atoms with Crippen molar-refractivity contribution in [1.82, 2.24) is 4.90 Å². The van der Waals surface area contributed by atoms with Crippen LogP contribution < -0.4 is 15.3 Å². The van der Waals surface area contributed by atoms with Crippen molar-refractivity contribution in [3.05, 3.63) is 0 Å². The number of carboxylic acid groups (broad SMARTS) is 4. The van der Waals surface area contributed by atoms with Crippen molar-refractivity contribution in [3.63, 3.8) is 0 Å². The van der Waals surface area contributed by atoms with Gasteiger partial charge in [0.25, 0.3) is 0 Å². The van der Waals surface area contributed by atoms with Crippen LogP contribution in [0.1, 0.15) is 12.8 Å². The zero-order valence-corrected chi connectivity index (χ0v) is 10.6. The van der Waals surface area contributed by atoms with Gasteiger partial charge in [-0.25, -0.2) is 0 Å². The maximum Gasteiger partial charge on any atom is 3.00 e. The molecule has 0 aliphatic heterocycles. The van der Waals surface area contributed by atoms with Crippen molar-refractivity contribution in [2.24, 2.45) is 0 Å². The summed E-state index contributed by atoms with van der Waals surface area (Å²) < 4.78 is 0. The normalized spacial score (nSPS) is 11.4. The van der Waals surface area contributed by atoms with Crippen molar-refractivity contribution in [3.8, 4) is 0 Å². The Hall–Kier alpha value is -1.64. The van der Waals surface area contributed by atoms with Gasteiger partial charge in [0.2, 0.25) is 0 Å². The van der Waals surface area contributed by atoms with Crippen LogP contribution in [0.2, 0.25) is 0 Å². The second-order valence-electron chi connectivity index (χ2n) is 3.42. The molecule has 0 aromatic carbocycles. The first kappa shape index (κ1) is 19.7. The molecule has 0 amide bonds. The summed E-state index contributed by atoms with van der Waals surface area (Å²) in [6.45, 7) is -1.96. The summed E-state index contributed by atoms with van der Waals surface area (Å²) in [4.78, 5) is 42.3. The predicted molar refractivity (Wildman–Crippen MR) is 47.3 cm³/mol. The van der Waals surface area contributed by atoms with Crippen LogP contribution in [0.25, 0.3) is 0 Å². The smallest absolute Gasteiger partial charge is 0.549 e. The molecule has 0 rings (SSSR count). The van der Waals surface area contributed by atoms with Crippen LogP contribution in [0.5, 0.6) is 0 Å². The van der Waals surface area contributed by atoms with Gasteiger partial charge in [-0.3, -0.25) is 9.69 Å². The summed E-state index contributed by atoms with van der Waals surface area (Å²) in [6, 6.07) is -1.66. The monoisotopic (exact) mass is 316 g/mol. The molecule has 10 heteroatoms. The molecule has 0 saturated carbocycles. The molecule has 19 heavy (non-hydrogen) atoms. The summed E-state index contributed by atoms with van der Waals surface area (Å²) in [6.07, 6.45) is -1.06. The van der Waals surface area contributed by atoms with Gasteiger partial charge >= 0.3 is 23.0 Å². The fourth-order valence-electron chi connectivity index (χ4n) is 1.32. The minimum atomic E-state index is -1.77. The molecule has 0 aliphatic rings. The van der Waals surface area contributed by atoms with Crippen LogP contribution in [0, 0.1) is 0 Å². The summed E-state index contributed by atoms with van der Waals surface area (Å²) in [5.74, 6) is -6.46. The molecule has 0 fully saturated rings. The molecule has 0 bridgehead atoms. The van der Waals surface area contributed by atoms with Crippen molar-refractivity contribution in [1.29, 1.82) is 0 Å². The number of carboxylic acids is 4. The molecule has 9 nitrogen and oxygen atoms in total. The zero-order valence-electron chi connectivity index (χ0n) is 9.51. The van der Waals surface area contributed by atoms with Crippen LogP contribution in [0.3, 0.4) is 0 Å². The van der Waals surface area contributed by atoms with Crippen LogP contribution in [-0.4, -0.2) is 53.0 Å². The van der Waals surface area contributed by atoms with Gasteiger partial charge < -0.3 is 34.8 Å². The first-order chi connectivity index (χ1) is 8.23. The topological polar surface area (TPSA) is 161 Å². The molecule has 0 spiro atoms. The van der Waals surface area contributed by atoms with Gasteiger partial charge in [-0.15, -0.1) is 0 Å². The Morgan fingerprint density at radius 3 is 1.68 bits per heavy atom. The van der Waals surface area contributed by atoms with Crippen LogP contribution in [0.4, 0.5) is 0 Å². The Morgan fingerprint density at radius 2 is 1.42 bits per heavy atom. The Kier molecular flexibility index (Phi) is 9.65. The van der Waals surface area contributed by atoms with Crippen molar-refractivity contribution >= 4 is 23.9 Å². The van der Waals surface area contributed by atoms with E-state index in [4.69, 9.17) is 5.11 Å². The molecule has 1 radical (unpaired) electrons. The molecular weight excluding hydrogens is 306 g/mol. The maximum absolute atomic E-state index is 10.7. The minimum absolute atomic E-state index is 0. The molecule has 1 N–H and O–H groups in total. The summed E-state index contributed by atoms with van der Waals surface area (Å²) in [5.41, 5.74) is 0. The van der Waals surface area contributed by atoms with Crippen molar-refractivity contribution < 1.29 is 56.7 Å². The average molecular weight is 316 g/mol. The number of hydrogen-bond acceptors (Lipinski definition) is 8. The Bertz CT molecular complexity index is 342. The van der Waals surface area contributed by atoms with Gasteiger partial charge in [-0.1, -0.05) is 0 Å². The second-order valence-corrected chi connectivity index (χ2v) is 3.42. The minimum Gasteiger partial charge on any atom is -0.549 e. The van der Waals surface area contributed by atoms with Gasteiger partial charge in [0.05, 0.1) is 23.9 Å². The molecule has 0 aliphatic carbocycles. The zero-order chi connectivity index (χ0) is 14.3. The molecule has 1 atom stereocenters. The number of rotatable bonds is 9. The molecule has 0 saturated heterocycles. The van der Waals surface area contributed by atoms with E-state index < -0.39 is 55.9 Å². The van der Waals surface area contributed by atoms with E-state index >= 15 is 0 Å². The van der Waals surface area contributed by atoms with E-state index in [1.165, 1.54) is 0 Å². The average Bonchev–Trinajstić information content (AvgIpc) is 2.14. The van der Waals surface area contributed by atoms with Crippen molar-refractivity contribution in [2.75, 3.05) is 13.1 Å². The number of aliphatic carboxylic acids is 4. The number of nitrogens with zero attached hydrogens (tertiary/aromatic N) is 1. The van der Waals surface area contributed by atoms with Gasteiger partial charge in [0.15, 0.2) is 0 Å². The van der Waals surface area contributed by atoms with E-state index in [1.54, 1.807) is 0 Å². The maximum atomic E-state index is 10.7. The quantitative estimate of drug-likeness (QED) is 0.410. The standard InChI is InChI=1S/C9H13NO8.Fe/c11-6(12)2-1-5(9(17)18)10(3-7(13)14)4-8(15)16;/h5H,1-4H2,(H,11,12)(H,13,14)(H,15,16)(H,17,18);/q;+3/p-3/t5-;/m0./s1. The first-order valence-corrected chi connectivity index (χ1v) is 4.80. The van der Waals surface area contributed by atoms with E-state index in [1.807, 2.05) is 0 Å². The van der Waals surface area contributed by atoms with Crippen LogP contribution in [-0.2, 0) is 36.2 Å². The summed E-state index contributed by atoms with van der Waals surface area (Å²) >= 11 is 0. The van der Waals surface area contributed by atoms with Crippen LogP contribution >= 0.6 is 0 Å². The van der Waals surface area contributed by atoms with Crippen molar-refractivity contribution in [2.45, 2.75) is 18.9 Å². The van der Waals surface area contributed by atoms with Gasteiger partial charge in [0, 0.05) is 19.5 Å².